The summed E-state index contributed by atoms with van der Waals surface area (Å²) in [6, 6.07) is 10.9. The van der Waals surface area contributed by atoms with Crippen molar-refractivity contribution in [3.05, 3.63) is 79.9 Å². The standard InChI is InChI=1S/C20H21N3O6/c1-2-21-12-11-20(25,15-5-9-17(10-6-15)23(28)29)18(13-21)19(24)14-3-7-16(8-4-14)22(26)27/h3-10,18,25H,2,11-13H2,1H3. The number of nitrogens with zero attached hydrogens (tertiary/aromatic N) is 3. The molecule has 0 aliphatic carbocycles. The number of Topliss-reactive ketones (excluding diaryl/α,β-unsaturated/α-hetero) is 1. The van der Waals surface area contributed by atoms with Gasteiger partial charge in [0.1, 0.15) is 5.60 Å². The molecule has 1 saturated heterocycles. The van der Waals surface area contributed by atoms with Gasteiger partial charge in [-0.3, -0.25) is 25.0 Å². The molecule has 1 aliphatic rings. The molecular weight excluding hydrogens is 378 g/mol. The molecule has 3 rings (SSSR count). The Balaban J connectivity index is 1.97. The van der Waals surface area contributed by atoms with Crippen LogP contribution in [0.2, 0.25) is 0 Å². The van der Waals surface area contributed by atoms with E-state index in [2.05, 4.69) is 0 Å². The highest BCUT2D eigenvalue weighted by molar-refractivity contribution is 5.99. The van der Waals surface area contributed by atoms with E-state index in [-0.39, 0.29) is 22.7 Å². The molecule has 152 valence electrons. The van der Waals surface area contributed by atoms with E-state index in [9.17, 15) is 30.1 Å². The second-order valence-corrected chi connectivity index (χ2v) is 7.09. The summed E-state index contributed by atoms with van der Waals surface area (Å²) in [5.74, 6) is -1.13. The monoisotopic (exact) mass is 399 g/mol. The number of carbonyl (C=O) groups is 1. The van der Waals surface area contributed by atoms with Gasteiger partial charge in [0, 0.05) is 42.9 Å². The molecule has 29 heavy (non-hydrogen) atoms. The lowest BCUT2D eigenvalue weighted by atomic mass is 9.72. The Morgan fingerprint density at radius 2 is 1.59 bits per heavy atom. The Bertz CT molecular complexity index is 928. The third-order valence-electron chi connectivity index (χ3n) is 5.53. The summed E-state index contributed by atoms with van der Waals surface area (Å²) in [5, 5.41) is 33.3. The summed E-state index contributed by atoms with van der Waals surface area (Å²) >= 11 is 0. The summed E-state index contributed by atoms with van der Waals surface area (Å²) in [7, 11) is 0. The first-order chi connectivity index (χ1) is 13.8. The van der Waals surface area contributed by atoms with Crippen LogP contribution in [0.25, 0.3) is 0 Å². The number of hydrogen-bond donors (Lipinski definition) is 1. The summed E-state index contributed by atoms with van der Waals surface area (Å²) in [4.78, 5) is 36.0. The zero-order valence-corrected chi connectivity index (χ0v) is 15.9. The number of benzene rings is 2. The predicted octanol–water partition coefficient (Wildman–Crippen LogP) is 2.92. The number of likely N-dealkylation sites (tertiary alicyclic amines) is 1. The Hall–Kier alpha value is -3.17. The second kappa shape index (κ2) is 8.06. The van der Waals surface area contributed by atoms with E-state index in [0.29, 0.717) is 31.6 Å². The molecular formula is C20H21N3O6. The largest absolute Gasteiger partial charge is 0.384 e. The van der Waals surface area contributed by atoms with Gasteiger partial charge in [-0.05, 0) is 42.8 Å². The highest BCUT2D eigenvalue weighted by Crippen LogP contribution is 2.40. The summed E-state index contributed by atoms with van der Waals surface area (Å²) in [6.45, 7) is 3.57. The lowest BCUT2D eigenvalue weighted by molar-refractivity contribution is -0.385. The Morgan fingerprint density at radius 1 is 1.07 bits per heavy atom. The van der Waals surface area contributed by atoms with Gasteiger partial charge in [-0.1, -0.05) is 6.92 Å². The lowest BCUT2D eigenvalue weighted by Gasteiger charge is -2.44. The number of hydrogen-bond acceptors (Lipinski definition) is 7. The van der Waals surface area contributed by atoms with Gasteiger partial charge < -0.3 is 10.0 Å². The number of piperidine rings is 1. The van der Waals surface area contributed by atoms with Crippen molar-refractivity contribution in [2.45, 2.75) is 18.9 Å². The minimum Gasteiger partial charge on any atom is -0.384 e. The fourth-order valence-corrected chi connectivity index (χ4v) is 3.76. The number of non-ortho nitro benzene ring substituents is 2. The van der Waals surface area contributed by atoms with E-state index in [1.165, 1.54) is 48.5 Å². The van der Waals surface area contributed by atoms with Gasteiger partial charge in [0.05, 0.1) is 15.8 Å². The maximum Gasteiger partial charge on any atom is 0.269 e. The zero-order chi connectivity index (χ0) is 21.2. The van der Waals surface area contributed by atoms with Crippen LogP contribution < -0.4 is 0 Å². The molecule has 0 spiro atoms. The number of nitro groups is 2. The average Bonchev–Trinajstić information content (AvgIpc) is 2.73. The highest BCUT2D eigenvalue weighted by atomic mass is 16.6. The first kappa shape index (κ1) is 20.6. The fraction of sp³-hybridized carbons (Fsp3) is 0.350. The second-order valence-electron chi connectivity index (χ2n) is 7.09. The van der Waals surface area contributed by atoms with Crippen LogP contribution in [0.5, 0.6) is 0 Å². The molecule has 1 N–H and O–H groups in total. The molecule has 2 aromatic carbocycles. The van der Waals surface area contributed by atoms with Gasteiger partial charge in [0.15, 0.2) is 5.78 Å². The highest BCUT2D eigenvalue weighted by Gasteiger charge is 2.46. The van der Waals surface area contributed by atoms with E-state index < -0.39 is 21.4 Å². The molecule has 1 aliphatic heterocycles. The van der Waals surface area contributed by atoms with E-state index in [1.807, 2.05) is 11.8 Å². The molecule has 0 amide bonds. The van der Waals surface area contributed by atoms with Crippen LogP contribution in [0, 0.1) is 26.1 Å². The zero-order valence-electron chi connectivity index (χ0n) is 15.9. The number of nitro benzene ring substituents is 2. The van der Waals surface area contributed by atoms with Crippen LogP contribution in [0.15, 0.2) is 48.5 Å². The normalized spacial score (nSPS) is 22.2. The molecule has 2 atom stereocenters. The molecule has 2 unspecified atom stereocenters. The fourth-order valence-electron chi connectivity index (χ4n) is 3.76. The summed E-state index contributed by atoms with van der Waals surface area (Å²) in [5.41, 5.74) is -0.981. The van der Waals surface area contributed by atoms with Crippen LogP contribution in [0.1, 0.15) is 29.3 Å². The third-order valence-corrected chi connectivity index (χ3v) is 5.53. The molecule has 1 fully saturated rings. The van der Waals surface area contributed by atoms with Crippen molar-refractivity contribution in [2.24, 2.45) is 5.92 Å². The van der Waals surface area contributed by atoms with Crippen LogP contribution in [0.4, 0.5) is 11.4 Å². The molecule has 1 heterocycles. The molecule has 9 nitrogen and oxygen atoms in total. The van der Waals surface area contributed by atoms with Crippen molar-refractivity contribution in [3.8, 4) is 0 Å². The number of ketones is 1. The molecule has 0 bridgehead atoms. The van der Waals surface area contributed by atoms with E-state index in [0.717, 1.165) is 0 Å². The first-order valence-corrected chi connectivity index (χ1v) is 9.24. The maximum absolute atomic E-state index is 13.2. The van der Waals surface area contributed by atoms with Gasteiger partial charge in [-0.15, -0.1) is 0 Å². The van der Waals surface area contributed by atoms with Gasteiger partial charge in [0.2, 0.25) is 0 Å². The van der Waals surface area contributed by atoms with Crippen LogP contribution in [-0.2, 0) is 5.60 Å². The minimum absolute atomic E-state index is 0.0958. The average molecular weight is 399 g/mol. The van der Waals surface area contributed by atoms with E-state index in [4.69, 9.17) is 0 Å². The molecule has 0 saturated carbocycles. The third kappa shape index (κ3) is 4.01. The van der Waals surface area contributed by atoms with Crippen molar-refractivity contribution in [3.63, 3.8) is 0 Å². The lowest BCUT2D eigenvalue weighted by Crippen LogP contribution is -2.53. The quantitative estimate of drug-likeness (QED) is 0.449. The van der Waals surface area contributed by atoms with Crippen LogP contribution in [0.3, 0.4) is 0 Å². The molecule has 0 aromatic heterocycles. The van der Waals surface area contributed by atoms with Crippen molar-refractivity contribution in [2.75, 3.05) is 19.6 Å². The van der Waals surface area contributed by atoms with Crippen LogP contribution >= 0.6 is 0 Å². The summed E-state index contributed by atoms with van der Waals surface area (Å²) in [6.07, 6.45) is 0.294. The topological polar surface area (TPSA) is 127 Å². The van der Waals surface area contributed by atoms with Crippen molar-refractivity contribution in [1.29, 1.82) is 0 Å². The molecule has 2 aromatic rings. The van der Waals surface area contributed by atoms with Crippen molar-refractivity contribution < 1.29 is 19.7 Å². The molecule has 9 heteroatoms. The summed E-state index contributed by atoms with van der Waals surface area (Å²) < 4.78 is 0. The van der Waals surface area contributed by atoms with Gasteiger partial charge in [-0.2, -0.15) is 0 Å². The Labute approximate surface area is 166 Å². The maximum atomic E-state index is 13.2. The van der Waals surface area contributed by atoms with E-state index in [1.54, 1.807) is 0 Å². The van der Waals surface area contributed by atoms with Gasteiger partial charge in [0.25, 0.3) is 11.4 Å². The minimum atomic E-state index is -1.49. The Morgan fingerprint density at radius 3 is 2.07 bits per heavy atom. The molecule has 0 radical (unpaired) electrons. The van der Waals surface area contributed by atoms with Gasteiger partial charge in [-0.25, -0.2) is 0 Å². The van der Waals surface area contributed by atoms with Crippen LogP contribution in [-0.4, -0.2) is 45.3 Å². The van der Waals surface area contributed by atoms with Gasteiger partial charge >= 0.3 is 0 Å². The van der Waals surface area contributed by atoms with Crippen molar-refractivity contribution in [1.82, 2.24) is 4.90 Å². The predicted molar refractivity (Wildman–Crippen MR) is 105 cm³/mol. The SMILES string of the molecule is CCN1CCC(O)(c2ccc([N+](=O)[O-])cc2)C(C(=O)c2ccc([N+](=O)[O-])cc2)C1. The van der Waals surface area contributed by atoms with E-state index >= 15 is 0 Å². The number of rotatable bonds is 6. The van der Waals surface area contributed by atoms with Crippen molar-refractivity contribution >= 4 is 17.2 Å². The number of aliphatic hydroxyl groups is 1. The Kier molecular flexibility index (Phi) is 5.71. The number of carbonyl (C=O) groups excluding carboxylic acids is 1. The first-order valence-electron chi connectivity index (χ1n) is 9.24. The smallest absolute Gasteiger partial charge is 0.269 e.